The minimum atomic E-state index is -0.508. The first-order valence-electron chi connectivity index (χ1n) is 7.37. The first-order valence-corrected chi connectivity index (χ1v) is 8.25. The predicted molar refractivity (Wildman–Crippen MR) is 92.8 cm³/mol. The predicted octanol–water partition coefficient (Wildman–Crippen LogP) is 1.63. The molecule has 1 aromatic carbocycles. The molecule has 0 bridgehead atoms. The summed E-state index contributed by atoms with van der Waals surface area (Å²) < 4.78 is 5.14. The molecule has 2 rings (SSSR count). The van der Waals surface area contributed by atoms with Crippen molar-refractivity contribution in [2.24, 2.45) is 0 Å². The summed E-state index contributed by atoms with van der Waals surface area (Å²) in [4.78, 5) is 24.9. The molecule has 24 heavy (non-hydrogen) atoms. The standard InChI is InChI=1S/C16H19N3O4S/c1-11-6-7-24-15(11)9-18(2)10-16(20)17-13-8-12(19(21)22)4-5-14(13)23-3/h4-8H,9-10H2,1-3H3,(H,17,20)/p+1. The van der Waals surface area contributed by atoms with Crippen LogP contribution in [0.4, 0.5) is 11.4 Å². The molecule has 1 amide bonds. The van der Waals surface area contributed by atoms with Crippen LogP contribution >= 0.6 is 11.3 Å². The maximum absolute atomic E-state index is 12.2. The number of thiophene rings is 1. The van der Waals surface area contributed by atoms with Crippen molar-refractivity contribution in [3.05, 3.63) is 50.2 Å². The van der Waals surface area contributed by atoms with Gasteiger partial charge in [-0.1, -0.05) is 0 Å². The summed E-state index contributed by atoms with van der Waals surface area (Å²) in [6, 6.07) is 6.17. The average Bonchev–Trinajstić information content (AvgIpc) is 2.91. The van der Waals surface area contributed by atoms with Gasteiger partial charge < -0.3 is 15.0 Å². The van der Waals surface area contributed by atoms with E-state index in [-0.39, 0.29) is 18.1 Å². The zero-order chi connectivity index (χ0) is 17.7. The van der Waals surface area contributed by atoms with Crippen molar-refractivity contribution in [3.63, 3.8) is 0 Å². The number of hydrogen-bond acceptors (Lipinski definition) is 5. The molecule has 0 aliphatic rings. The number of nitro groups is 1. The molecule has 0 fully saturated rings. The second-order valence-electron chi connectivity index (χ2n) is 5.53. The molecule has 7 nitrogen and oxygen atoms in total. The fourth-order valence-electron chi connectivity index (χ4n) is 2.30. The third-order valence-corrected chi connectivity index (χ3v) is 4.58. The van der Waals surface area contributed by atoms with Crippen LogP contribution in [0.25, 0.3) is 0 Å². The first-order chi connectivity index (χ1) is 11.4. The molecule has 1 heterocycles. The highest BCUT2D eigenvalue weighted by atomic mass is 32.1. The fraction of sp³-hybridized carbons (Fsp3) is 0.312. The average molecular weight is 350 g/mol. The van der Waals surface area contributed by atoms with Gasteiger partial charge in [0.25, 0.3) is 11.6 Å². The maximum Gasteiger partial charge on any atom is 0.279 e. The summed E-state index contributed by atoms with van der Waals surface area (Å²) in [6.07, 6.45) is 0. The van der Waals surface area contributed by atoms with Crippen LogP contribution in [0, 0.1) is 17.0 Å². The Labute approximate surface area is 144 Å². The molecule has 2 aromatic rings. The van der Waals surface area contributed by atoms with Gasteiger partial charge in [0.15, 0.2) is 6.54 Å². The molecule has 8 heteroatoms. The lowest BCUT2D eigenvalue weighted by atomic mass is 10.2. The van der Waals surface area contributed by atoms with Gasteiger partial charge in [-0.05, 0) is 30.0 Å². The number of nitrogens with zero attached hydrogens (tertiary/aromatic N) is 1. The molecular formula is C16H20N3O4S+. The third-order valence-electron chi connectivity index (χ3n) is 3.56. The number of nitro benzene ring substituents is 1. The Morgan fingerprint density at radius 1 is 1.42 bits per heavy atom. The van der Waals surface area contributed by atoms with Crippen molar-refractivity contribution >= 4 is 28.6 Å². The minimum Gasteiger partial charge on any atom is -0.495 e. The highest BCUT2D eigenvalue weighted by Gasteiger charge is 2.17. The van der Waals surface area contributed by atoms with E-state index in [1.165, 1.54) is 35.7 Å². The van der Waals surface area contributed by atoms with Gasteiger partial charge in [-0.2, -0.15) is 0 Å². The van der Waals surface area contributed by atoms with Crippen molar-refractivity contribution in [3.8, 4) is 5.75 Å². The van der Waals surface area contributed by atoms with E-state index in [1.807, 2.05) is 19.4 Å². The molecule has 0 spiro atoms. The Hall–Kier alpha value is -2.45. The van der Waals surface area contributed by atoms with Crippen LogP contribution < -0.4 is 15.0 Å². The van der Waals surface area contributed by atoms with Crippen molar-refractivity contribution in [2.75, 3.05) is 26.0 Å². The van der Waals surface area contributed by atoms with Gasteiger partial charge in [-0.3, -0.25) is 14.9 Å². The molecular weight excluding hydrogens is 330 g/mol. The number of aryl methyl sites for hydroxylation is 1. The lowest BCUT2D eigenvalue weighted by molar-refractivity contribution is -0.884. The fourth-order valence-corrected chi connectivity index (χ4v) is 3.32. The summed E-state index contributed by atoms with van der Waals surface area (Å²) in [5, 5.41) is 15.6. The number of amides is 1. The topological polar surface area (TPSA) is 85.9 Å². The smallest absolute Gasteiger partial charge is 0.279 e. The molecule has 1 atom stereocenters. The first kappa shape index (κ1) is 17.9. The van der Waals surface area contributed by atoms with E-state index < -0.39 is 4.92 Å². The number of methoxy groups -OCH3 is 1. The normalized spacial score (nSPS) is 11.8. The van der Waals surface area contributed by atoms with Crippen LogP contribution in [-0.4, -0.2) is 31.5 Å². The molecule has 2 N–H and O–H groups in total. The lowest BCUT2D eigenvalue weighted by Gasteiger charge is -2.14. The Bertz CT molecular complexity index is 745. The summed E-state index contributed by atoms with van der Waals surface area (Å²) >= 11 is 1.67. The van der Waals surface area contributed by atoms with Crippen LogP contribution in [0.2, 0.25) is 0 Å². The van der Waals surface area contributed by atoms with Gasteiger partial charge in [0, 0.05) is 12.1 Å². The number of hydrogen-bond donors (Lipinski definition) is 2. The van der Waals surface area contributed by atoms with Gasteiger partial charge in [-0.15, -0.1) is 11.3 Å². The number of benzene rings is 1. The highest BCUT2D eigenvalue weighted by Crippen LogP contribution is 2.28. The SMILES string of the molecule is COc1ccc([N+](=O)[O-])cc1NC(=O)C[NH+](C)Cc1sccc1C. The van der Waals surface area contributed by atoms with Crippen LogP contribution in [-0.2, 0) is 11.3 Å². The van der Waals surface area contributed by atoms with Crippen LogP contribution in [0.15, 0.2) is 29.6 Å². The molecule has 1 unspecified atom stereocenters. The van der Waals surface area contributed by atoms with Gasteiger partial charge in [0.05, 0.1) is 29.6 Å². The van der Waals surface area contributed by atoms with Crippen molar-refractivity contribution in [1.82, 2.24) is 0 Å². The van der Waals surface area contributed by atoms with E-state index in [2.05, 4.69) is 11.4 Å². The molecule has 0 aliphatic carbocycles. The molecule has 0 saturated heterocycles. The lowest BCUT2D eigenvalue weighted by Crippen LogP contribution is -3.08. The summed E-state index contributed by atoms with van der Waals surface area (Å²) in [5.74, 6) is 0.168. The van der Waals surface area contributed by atoms with Crippen molar-refractivity contribution in [1.29, 1.82) is 0 Å². The Kier molecular flexibility index (Phi) is 5.88. The monoisotopic (exact) mass is 350 g/mol. The van der Waals surface area contributed by atoms with E-state index in [1.54, 1.807) is 11.3 Å². The zero-order valence-electron chi connectivity index (χ0n) is 13.8. The maximum atomic E-state index is 12.2. The number of nitrogens with one attached hydrogen (secondary N) is 2. The van der Waals surface area contributed by atoms with Crippen LogP contribution in [0.5, 0.6) is 5.75 Å². The number of rotatable bonds is 7. The van der Waals surface area contributed by atoms with E-state index in [9.17, 15) is 14.9 Å². The number of carbonyl (C=O) groups excluding carboxylic acids is 1. The van der Waals surface area contributed by atoms with Gasteiger partial charge in [0.1, 0.15) is 12.3 Å². The summed E-state index contributed by atoms with van der Waals surface area (Å²) in [6.45, 7) is 3.05. The summed E-state index contributed by atoms with van der Waals surface area (Å²) in [5.41, 5.74) is 1.43. The highest BCUT2D eigenvalue weighted by molar-refractivity contribution is 7.10. The number of quaternary nitrogens is 1. The van der Waals surface area contributed by atoms with Crippen molar-refractivity contribution in [2.45, 2.75) is 13.5 Å². The molecule has 0 aliphatic heterocycles. The number of carbonyl (C=O) groups is 1. The Balaban J connectivity index is 2.02. The van der Waals surface area contributed by atoms with Gasteiger partial charge >= 0.3 is 0 Å². The molecule has 0 saturated carbocycles. The number of non-ortho nitro benzene ring substituents is 1. The van der Waals surface area contributed by atoms with E-state index in [0.29, 0.717) is 11.4 Å². The third kappa shape index (κ3) is 4.53. The van der Waals surface area contributed by atoms with Crippen LogP contribution in [0.1, 0.15) is 10.4 Å². The second kappa shape index (κ2) is 7.89. The molecule has 1 aromatic heterocycles. The zero-order valence-corrected chi connectivity index (χ0v) is 14.6. The number of likely N-dealkylation sites (N-methyl/N-ethyl adjacent to an activating group) is 1. The molecule has 128 valence electrons. The van der Waals surface area contributed by atoms with E-state index in [0.717, 1.165) is 11.4 Å². The summed E-state index contributed by atoms with van der Waals surface area (Å²) in [7, 11) is 3.39. The second-order valence-corrected chi connectivity index (χ2v) is 6.53. The number of ether oxygens (including phenoxy) is 1. The quantitative estimate of drug-likeness (QED) is 0.587. The van der Waals surface area contributed by atoms with E-state index >= 15 is 0 Å². The Morgan fingerprint density at radius 3 is 2.75 bits per heavy atom. The van der Waals surface area contributed by atoms with Crippen LogP contribution in [0.3, 0.4) is 0 Å². The molecule has 0 radical (unpaired) electrons. The van der Waals surface area contributed by atoms with Gasteiger partial charge in [0.2, 0.25) is 0 Å². The Morgan fingerprint density at radius 2 is 2.17 bits per heavy atom. The van der Waals surface area contributed by atoms with Gasteiger partial charge in [-0.25, -0.2) is 0 Å². The minimum absolute atomic E-state index is 0.0963. The largest absolute Gasteiger partial charge is 0.495 e. The van der Waals surface area contributed by atoms with Crippen molar-refractivity contribution < 1.29 is 19.4 Å². The number of anilines is 1. The van der Waals surface area contributed by atoms with E-state index in [4.69, 9.17) is 4.74 Å².